The van der Waals surface area contributed by atoms with E-state index in [1.54, 1.807) is 19.2 Å². The van der Waals surface area contributed by atoms with Gasteiger partial charge >= 0.3 is 0 Å². The maximum Gasteiger partial charge on any atom is 0.273 e. The zero-order chi connectivity index (χ0) is 26.8. The lowest BCUT2D eigenvalue weighted by Gasteiger charge is -2.27. The van der Waals surface area contributed by atoms with Gasteiger partial charge in [0.1, 0.15) is 28.6 Å². The molecule has 0 radical (unpaired) electrons. The van der Waals surface area contributed by atoms with Gasteiger partial charge in [-0.1, -0.05) is 49.2 Å². The van der Waals surface area contributed by atoms with Crippen LogP contribution in [0.3, 0.4) is 0 Å². The van der Waals surface area contributed by atoms with Crippen molar-refractivity contribution in [3.05, 3.63) is 93.6 Å². The molecule has 0 bridgehead atoms. The number of aryl methyl sites for hydroxylation is 1. The highest BCUT2D eigenvalue weighted by atomic mass is 35.5. The van der Waals surface area contributed by atoms with E-state index in [9.17, 15) is 9.90 Å². The largest absolute Gasteiger partial charge is 0.507 e. The van der Waals surface area contributed by atoms with Crippen LogP contribution < -0.4 is 9.47 Å². The summed E-state index contributed by atoms with van der Waals surface area (Å²) in [5.74, 6) is 1.37. The van der Waals surface area contributed by atoms with Crippen LogP contribution in [0.5, 0.6) is 17.2 Å². The van der Waals surface area contributed by atoms with Crippen LogP contribution in [0.2, 0.25) is 5.02 Å². The van der Waals surface area contributed by atoms with Crippen molar-refractivity contribution in [2.24, 2.45) is 0 Å². The summed E-state index contributed by atoms with van der Waals surface area (Å²) in [6.07, 6.45) is 2.00. The highest BCUT2D eigenvalue weighted by Crippen LogP contribution is 2.46. The number of rotatable bonds is 9. The van der Waals surface area contributed by atoms with Gasteiger partial charge in [0.05, 0.1) is 19.8 Å². The molecular formula is C30H30ClN3O4. The molecule has 5 rings (SSSR count). The topological polar surface area (TPSA) is 87.7 Å². The normalized spacial score (nSPS) is 14.6. The SMILES string of the molecule is CCCCOc1cccc(C2c3c(-c4cc(Cl)c(C)cc4O)n[nH]c3C(=O)N2Cc2ccc(OC)cc2)c1. The smallest absolute Gasteiger partial charge is 0.273 e. The zero-order valence-electron chi connectivity index (χ0n) is 21.6. The number of amides is 1. The van der Waals surface area contributed by atoms with Crippen molar-refractivity contribution < 1.29 is 19.4 Å². The molecule has 1 aromatic heterocycles. The van der Waals surface area contributed by atoms with Crippen LogP contribution in [-0.2, 0) is 6.54 Å². The number of methoxy groups -OCH3 is 1. The molecule has 1 unspecified atom stereocenters. The quantitative estimate of drug-likeness (QED) is 0.235. The number of benzene rings is 3. The predicted molar refractivity (Wildman–Crippen MR) is 147 cm³/mol. The lowest BCUT2D eigenvalue weighted by Crippen LogP contribution is -2.29. The van der Waals surface area contributed by atoms with Crippen LogP contribution in [0.25, 0.3) is 11.3 Å². The third kappa shape index (κ3) is 4.82. The van der Waals surface area contributed by atoms with Gasteiger partial charge in [-0.15, -0.1) is 0 Å². The summed E-state index contributed by atoms with van der Waals surface area (Å²) >= 11 is 6.42. The molecule has 1 amide bonds. The number of fused-ring (bicyclic) bond motifs is 1. The van der Waals surface area contributed by atoms with Crippen molar-refractivity contribution in [2.45, 2.75) is 39.3 Å². The fraction of sp³-hybridized carbons (Fsp3) is 0.267. The third-order valence-electron chi connectivity index (χ3n) is 6.85. The highest BCUT2D eigenvalue weighted by Gasteiger charge is 2.42. The number of hydrogen-bond acceptors (Lipinski definition) is 5. The van der Waals surface area contributed by atoms with Crippen molar-refractivity contribution in [1.29, 1.82) is 0 Å². The molecule has 0 fully saturated rings. The number of aromatic hydroxyl groups is 1. The Hall–Kier alpha value is -3.97. The van der Waals surface area contributed by atoms with Crippen molar-refractivity contribution >= 4 is 17.5 Å². The Balaban J connectivity index is 1.61. The van der Waals surface area contributed by atoms with Gasteiger partial charge in [0.15, 0.2) is 0 Å². The molecule has 0 spiro atoms. The lowest BCUT2D eigenvalue weighted by atomic mass is 9.95. The van der Waals surface area contributed by atoms with Gasteiger partial charge in [0.25, 0.3) is 5.91 Å². The number of phenolic OH excluding ortho intramolecular Hbond substituents is 1. The molecule has 4 aromatic rings. The molecular weight excluding hydrogens is 502 g/mol. The molecule has 3 aromatic carbocycles. The molecule has 1 aliphatic heterocycles. The molecule has 0 aliphatic carbocycles. The molecule has 196 valence electrons. The first kappa shape index (κ1) is 25.7. The van der Waals surface area contributed by atoms with Gasteiger partial charge in [-0.25, -0.2) is 0 Å². The highest BCUT2D eigenvalue weighted by molar-refractivity contribution is 6.31. The Morgan fingerprint density at radius 2 is 1.89 bits per heavy atom. The number of nitrogens with zero attached hydrogens (tertiary/aromatic N) is 2. The van der Waals surface area contributed by atoms with E-state index < -0.39 is 6.04 Å². The Bertz CT molecular complexity index is 1470. The molecule has 7 nitrogen and oxygen atoms in total. The molecule has 38 heavy (non-hydrogen) atoms. The fourth-order valence-corrected chi connectivity index (χ4v) is 4.97. The maximum atomic E-state index is 13.8. The minimum atomic E-state index is -0.456. The van der Waals surface area contributed by atoms with Crippen molar-refractivity contribution in [1.82, 2.24) is 15.1 Å². The standard InChI is InChI=1S/C30H30ClN3O4/c1-4-5-13-38-22-8-6-7-20(15-22)29-26-27(23-16-24(31)18(2)14-25(23)35)32-33-28(26)30(36)34(29)17-19-9-11-21(37-3)12-10-19/h6-12,14-16,29,35H,4-5,13,17H2,1-3H3,(H,32,33). The van der Waals surface area contributed by atoms with E-state index in [0.29, 0.717) is 40.7 Å². The van der Waals surface area contributed by atoms with Gasteiger partial charge in [-0.05, 0) is 66.4 Å². The van der Waals surface area contributed by atoms with Crippen LogP contribution >= 0.6 is 11.6 Å². The second kappa shape index (κ2) is 10.8. The molecule has 0 saturated carbocycles. The Morgan fingerprint density at radius 3 is 2.63 bits per heavy atom. The van der Waals surface area contributed by atoms with Crippen LogP contribution in [0.15, 0.2) is 60.7 Å². The number of carbonyl (C=O) groups is 1. The summed E-state index contributed by atoms with van der Waals surface area (Å²) in [7, 11) is 1.62. The summed E-state index contributed by atoms with van der Waals surface area (Å²) in [5, 5.41) is 18.7. The van der Waals surface area contributed by atoms with E-state index in [2.05, 4.69) is 17.1 Å². The van der Waals surface area contributed by atoms with Crippen molar-refractivity contribution in [3.8, 4) is 28.5 Å². The first-order chi connectivity index (χ1) is 18.4. The number of H-pyrrole nitrogens is 1. The van der Waals surface area contributed by atoms with Gasteiger partial charge in [-0.2, -0.15) is 5.10 Å². The van der Waals surface area contributed by atoms with Crippen LogP contribution in [0, 0.1) is 6.92 Å². The minimum absolute atomic E-state index is 0.0534. The number of ether oxygens (including phenoxy) is 2. The molecule has 2 N–H and O–H groups in total. The number of hydrogen-bond donors (Lipinski definition) is 2. The van der Waals surface area contributed by atoms with E-state index in [1.165, 1.54) is 0 Å². The fourth-order valence-electron chi connectivity index (χ4n) is 4.80. The molecule has 8 heteroatoms. The van der Waals surface area contributed by atoms with Crippen molar-refractivity contribution in [2.75, 3.05) is 13.7 Å². The number of carbonyl (C=O) groups excluding carboxylic acids is 1. The first-order valence-corrected chi connectivity index (χ1v) is 13.0. The van der Waals surface area contributed by atoms with E-state index in [0.717, 1.165) is 41.0 Å². The molecule has 1 aliphatic rings. The summed E-state index contributed by atoms with van der Waals surface area (Å²) in [4.78, 5) is 15.6. The second-order valence-electron chi connectivity index (χ2n) is 9.44. The lowest BCUT2D eigenvalue weighted by molar-refractivity contribution is 0.0730. The molecule has 1 atom stereocenters. The van der Waals surface area contributed by atoms with Crippen LogP contribution in [-0.4, -0.2) is 39.8 Å². The number of halogens is 1. The number of aromatic amines is 1. The Labute approximate surface area is 227 Å². The van der Waals surface area contributed by atoms with E-state index in [1.807, 2.05) is 60.4 Å². The van der Waals surface area contributed by atoms with Gasteiger partial charge in [0, 0.05) is 22.7 Å². The Kier molecular flexibility index (Phi) is 7.29. The van der Waals surface area contributed by atoms with Crippen LogP contribution in [0.1, 0.15) is 58.5 Å². The summed E-state index contributed by atoms with van der Waals surface area (Å²) < 4.78 is 11.3. The zero-order valence-corrected chi connectivity index (χ0v) is 22.4. The summed E-state index contributed by atoms with van der Waals surface area (Å²) in [5.41, 5.74) is 4.66. The average Bonchev–Trinajstić information content (AvgIpc) is 3.46. The van der Waals surface area contributed by atoms with Crippen molar-refractivity contribution in [3.63, 3.8) is 0 Å². The summed E-state index contributed by atoms with van der Waals surface area (Å²) in [6, 6.07) is 18.3. The number of phenols is 1. The Morgan fingerprint density at radius 1 is 1.11 bits per heavy atom. The third-order valence-corrected chi connectivity index (χ3v) is 7.26. The number of unbranched alkanes of at least 4 members (excludes halogenated alkanes) is 1. The minimum Gasteiger partial charge on any atom is -0.507 e. The van der Waals surface area contributed by atoms with E-state index >= 15 is 0 Å². The average molecular weight is 532 g/mol. The van der Waals surface area contributed by atoms with Crippen LogP contribution in [0.4, 0.5) is 0 Å². The molecule has 0 saturated heterocycles. The molecule has 2 heterocycles. The van der Waals surface area contributed by atoms with E-state index in [4.69, 9.17) is 21.1 Å². The van der Waals surface area contributed by atoms with E-state index in [-0.39, 0.29) is 11.7 Å². The van der Waals surface area contributed by atoms with Gasteiger partial charge < -0.3 is 19.5 Å². The predicted octanol–water partition coefficient (Wildman–Crippen LogP) is 6.68. The van der Waals surface area contributed by atoms with Gasteiger partial charge in [0.2, 0.25) is 0 Å². The number of aromatic nitrogens is 2. The van der Waals surface area contributed by atoms with Gasteiger partial charge in [-0.3, -0.25) is 9.89 Å². The second-order valence-corrected chi connectivity index (χ2v) is 9.84. The summed E-state index contributed by atoms with van der Waals surface area (Å²) in [6.45, 7) is 4.94. The number of nitrogens with one attached hydrogen (secondary N) is 1. The monoisotopic (exact) mass is 531 g/mol. The first-order valence-electron chi connectivity index (χ1n) is 12.7. The maximum absolute atomic E-state index is 13.8.